The molecule has 1 saturated heterocycles. The maximum atomic E-state index is 13.4. The number of benzene rings is 3. The second-order valence-electron chi connectivity index (χ2n) is 10.0. The van der Waals surface area contributed by atoms with Crippen LogP contribution in [0.1, 0.15) is 40.9 Å². The number of carboxylic acids is 1. The van der Waals surface area contributed by atoms with E-state index in [1.54, 1.807) is 18.2 Å². The second kappa shape index (κ2) is 12.0. The van der Waals surface area contributed by atoms with Gasteiger partial charge in [-0.15, -0.1) is 0 Å². The van der Waals surface area contributed by atoms with Crippen LogP contribution in [-0.2, 0) is 17.4 Å². The molecule has 0 radical (unpaired) electrons. The molecule has 1 N–H and O–H groups in total. The number of fused-ring (bicyclic) bond motifs is 1. The van der Waals surface area contributed by atoms with E-state index in [0.29, 0.717) is 65.9 Å². The molecular weight excluding hydrogens is 533 g/mol. The van der Waals surface area contributed by atoms with E-state index in [4.69, 9.17) is 15.1 Å². The quantitative estimate of drug-likeness (QED) is 0.262. The smallest absolute Gasteiger partial charge is 0.416 e. The molecule has 4 aromatic rings. The van der Waals surface area contributed by atoms with Crippen molar-refractivity contribution in [2.24, 2.45) is 0 Å². The van der Waals surface area contributed by atoms with E-state index in [1.807, 2.05) is 23.1 Å². The molecule has 0 unspecified atom stereocenters. The first-order chi connectivity index (χ1) is 19.7. The maximum Gasteiger partial charge on any atom is 0.416 e. The molecule has 0 saturated carbocycles. The van der Waals surface area contributed by atoms with Crippen LogP contribution in [0.15, 0.2) is 72.8 Å². The Morgan fingerprint density at radius 2 is 1.54 bits per heavy atom. The number of halogens is 3. The number of carbonyl (C=O) groups excluding carboxylic acids is 1. The van der Waals surface area contributed by atoms with Crippen LogP contribution >= 0.6 is 0 Å². The number of aryl methyl sites for hydroxylation is 1. The van der Waals surface area contributed by atoms with Gasteiger partial charge >= 0.3 is 12.1 Å². The Bertz CT molecular complexity index is 1530. The lowest BCUT2D eigenvalue weighted by Crippen LogP contribution is -2.48. The highest BCUT2D eigenvalue weighted by atomic mass is 19.4. The van der Waals surface area contributed by atoms with Gasteiger partial charge in [-0.1, -0.05) is 30.3 Å². The third-order valence-corrected chi connectivity index (χ3v) is 7.21. The fourth-order valence-electron chi connectivity index (χ4n) is 5.00. The molecule has 1 aliphatic rings. The zero-order valence-electron chi connectivity index (χ0n) is 22.3. The van der Waals surface area contributed by atoms with E-state index in [2.05, 4.69) is 17.0 Å². The molecule has 1 amide bonds. The van der Waals surface area contributed by atoms with Gasteiger partial charge in [0.2, 0.25) is 0 Å². The summed E-state index contributed by atoms with van der Waals surface area (Å²) in [6.07, 6.45) is -3.11. The van der Waals surface area contributed by atoms with Crippen LogP contribution < -0.4 is 4.90 Å². The third-order valence-electron chi connectivity index (χ3n) is 7.21. The van der Waals surface area contributed by atoms with E-state index >= 15 is 0 Å². The molecule has 1 fully saturated rings. The standard InChI is InChI=1S/C31H29F3N4O3/c32-31(33,34)23-13-10-21(11-14-23)29-26(8-4-5-9-28(39)40)35-27-20-22(12-15-25(27)36-29)30(41)38-18-16-37(17-19-38)24-6-2-1-3-7-24/h1-3,6-7,10-15,20H,4-5,8-9,16-19H2,(H,39,40). The summed E-state index contributed by atoms with van der Waals surface area (Å²) in [6, 6.07) is 19.9. The number of para-hydroxylation sites is 1. The maximum absolute atomic E-state index is 13.4. The fourth-order valence-corrected chi connectivity index (χ4v) is 5.00. The van der Waals surface area contributed by atoms with Crippen LogP contribution in [-0.4, -0.2) is 58.0 Å². The van der Waals surface area contributed by atoms with Crippen LogP contribution in [0.4, 0.5) is 18.9 Å². The molecule has 3 aromatic carbocycles. The zero-order chi connectivity index (χ0) is 29.0. The van der Waals surface area contributed by atoms with Crippen molar-refractivity contribution in [1.82, 2.24) is 14.9 Å². The van der Waals surface area contributed by atoms with Gasteiger partial charge in [0.1, 0.15) is 0 Å². The van der Waals surface area contributed by atoms with Gasteiger partial charge in [0, 0.05) is 49.4 Å². The van der Waals surface area contributed by atoms with Crippen molar-refractivity contribution in [3.63, 3.8) is 0 Å². The van der Waals surface area contributed by atoms with Gasteiger partial charge in [-0.3, -0.25) is 9.59 Å². The molecule has 0 spiro atoms. The van der Waals surface area contributed by atoms with E-state index in [-0.39, 0.29) is 12.3 Å². The number of hydrogen-bond acceptors (Lipinski definition) is 5. The molecule has 1 aliphatic heterocycles. The van der Waals surface area contributed by atoms with Gasteiger partial charge in [-0.2, -0.15) is 13.2 Å². The minimum absolute atomic E-state index is 0.00675. The van der Waals surface area contributed by atoms with Gasteiger partial charge in [-0.05, 0) is 61.7 Å². The van der Waals surface area contributed by atoms with E-state index in [9.17, 15) is 22.8 Å². The van der Waals surface area contributed by atoms with Crippen molar-refractivity contribution >= 4 is 28.6 Å². The predicted octanol–water partition coefficient (Wildman–Crippen LogP) is 6.08. The second-order valence-corrected chi connectivity index (χ2v) is 10.0. The number of alkyl halides is 3. The molecule has 0 atom stereocenters. The summed E-state index contributed by atoms with van der Waals surface area (Å²) >= 11 is 0. The predicted molar refractivity (Wildman–Crippen MR) is 150 cm³/mol. The molecule has 0 aliphatic carbocycles. The normalized spacial score (nSPS) is 13.9. The van der Waals surface area contributed by atoms with Crippen molar-refractivity contribution in [3.8, 4) is 11.3 Å². The van der Waals surface area contributed by atoms with Crippen molar-refractivity contribution in [2.45, 2.75) is 31.9 Å². The number of aromatic nitrogens is 2. The molecule has 212 valence electrons. The number of carboxylic acid groups (broad SMARTS) is 1. The molecule has 2 heterocycles. The van der Waals surface area contributed by atoms with Crippen molar-refractivity contribution in [1.29, 1.82) is 0 Å². The minimum atomic E-state index is -4.45. The van der Waals surface area contributed by atoms with Gasteiger partial charge in [-0.25, -0.2) is 9.97 Å². The number of unbranched alkanes of at least 4 members (excludes halogenated alkanes) is 1. The number of anilines is 1. The van der Waals surface area contributed by atoms with Gasteiger partial charge in [0.25, 0.3) is 5.91 Å². The largest absolute Gasteiger partial charge is 0.481 e. The van der Waals surface area contributed by atoms with Crippen LogP contribution in [0.5, 0.6) is 0 Å². The van der Waals surface area contributed by atoms with Crippen molar-refractivity contribution in [3.05, 3.63) is 89.6 Å². The number of hydrogen-bond donors (Lipinski definition) is 1. The summed E-state index contributed by atoms with van der Waals surface area (Å²) in [5, 5.41) is 8.98. The SMILES string of the molecule is O=C(O)CCCCc1nc2cc(C(=O)N3CCN(c4ccccc4)CC3)ccc2nc1-c1ccc(C(F)(F)F)cc1. The van der Waals surface area contributed by atoms with Crippen LogP contribution in [0.2, 0.25) is 0 Å². The summed E-state index contributed by atoms with van der Waals surface area (Å²) in [5.74, 6) is -0.999. The highest BCUT2D eigenvalue weighted by Crippen LogP contribution is 2.32. The summed E-state index contributed by atoms with van der Waals surface area (Å²) in [6.45, 7) is 2.61. The van der Waals surface area contributed by atoms with Crippen LogP contribution in [0, 0.1) is 0 Å². The molecule has 5 rings (SSSR count). The first-order valence-electron chi connectivity index (χ1n) is 13.5. The van der Waals surface area contributed by atoms with Crippen LogP contribution in [0.25, 0.3) is 22.3 Å². The van der Waals surface area contributed by atoms with E-state index in [0.717, 1.165) is 30.9 Å². The Labute approximate surface area is 235 Å². The number of aliphatic carboxylic acids is 1. The lowest BCUT2D eigenvalue weighted by atomic mass is 10.0. The lowest BCUT2D eigenvalue weighted by molar-refractivity contribution is -0.138. The molecule has 0 bridgehead atoms. The lowest BCUT2D eigenvalue weighted by Gasteiger charge is -2.36. The monoisotopic (exact) mass is 562 g/mol. The number of carbonyl (C=O) groups is 2. The van der Waals surface area contributed by atoms with Gasteiger partial charge in [0.15, 0.2) is 0 Å². The topological polar surface area (TPSA) is 86.6 Å². The summed E-state index contributed by atoms with van der Waals surface area (Å²) in [5.41, 5.74) is 3.34. The molecule has 41 heavy (non-hydrogen) atoms. The highest BCUT2D eigenvalue weighted by Gasteiger charge is 2.30. The van der Waals surface area contributed by atoms with Gasteiger partial charge in [0.05, 0.1) is 28.0 Å². The van der Waals surface area contributed by atoms with E-state index < -0.39 is 17.7 Å². The fraction of sp³-hybridized carbons (Fsp3) is 0.290. The number of rotatable bonds is 8. The Kier molecular flexibility index (Phi) is 8.19. The average Bonchev–Trinajstić information content (AvgIpc) is 2.98. The molecule has 7 nitrogen and oxygen atoms in total. The summed E-state index contributed by atoms with van der Waals surface area (Å²) < 4.78 is 39.3. The molecule has 1 aromatic heterocycles. The van der Waals surface area contributed by atoms with Crippen LogP contribution in [0.3, 0.4) is 0 Å². The Balaban J connectivity index is 1.39. The highest BCUT2D eigenvalue weighted by molar-refractivity contribution is 5.97. The first kappa shape index (κ1) is 28.1. The summed E-state index contributed by atoms with van der Waals surface area (Å²) in [7, 11) is 0. The third kappa shape index (κ3) is 6.65. The number of piperazine rings is 1. The summed E-state index contributed by atoms with van der Waals surface area (Å²) in [4.78, 5) is 37.9. The van der Waals surface area contributed by atoms with Crippen molar-refractivity contribution < 1.29 is 27.9 Å². The molecular formula is C31H29F3N4O3. The number of amides is 1. The van der Waals surface area contributed by atoms with E-state index in [1.165, 1.54) is 12.1 Å². The van der Waals surface area contributed by atoms with Crippen molar-refractivity contribution in [2.75, 3.05) is 31.1 Å². The number of nitrogens with zero attached hydrogens (tertiary/aromatic N) is 4. The Morgan fingerprint density at radius 1 is 0.829 bits per heavy atom. The Morgan fingerprint density at radius 3 is 2.20 bits per heavy atom. The first-order valence-corrected chi connectivity index (χ1v) is 13.5. The zero-order valence-corrected chi connectivity index (χ0v) is 22.3. The average molecular weight is 563 g/mol. The van der Waals surface area contributed by atoms with Gasteiger partial charge < -0.3 is 14.9 Å². The Hall–Kier alpha value is -4.47. The minimum Gasteiger partial charge on any atom is -0.481 e. The molecule has 10 heteroatoms.